The van der Waals surface area contributed by atoms with E-state index in [0.29, 0.717) is 11.3 Å². The molecule has 2 aromatic rings. The maximum atomic E-state index is 12.5. The molecule has 8 nitrogen and oxygen atoms in total. The predicted molar refractivity (Wildman–Crippen MR) is 136 cm³/mol. The number of benzene rings is 3. The highest BCUT2D eigenvalue weighted by atomic mass is 16.5. The fourth-order valence-corrected chi connectivity index (χ4v) is 4.03. The summed E-state index contributed by atoms with van der Waals surface area (Å²) in [6.45, 7) is 6.83. The zero-order valence-electron chi connectivity index (χ0n) is 20.4. The molecular weight excluding hydrogens is 444 g/mol. The number of carbonyl (C=O) groups is 2. The Hall–Kier alpha value is -3.94. The highest BCUT2D eigenvalue weighted by Crippen LogP contribution is 2.31. The van der Waals surface area contributed by atoms with Crippen LogP contribution in [0.25, 0.3) is 33.3 Å². The summed E-state index contributed by atoms with van der Waals surface area (Å²) in [5.41, 5.74) is 3.18. The van der Waals surface area contributed by atoms with Crippen molar-refractivity contribution in [2.45, 2.75) is 33.2 Å². The van der Waals surface area contributed by atoms with E-state index in [1.807, 2.05) is 69.3 Å². The molecule has 0 fully saturated rings. The van der Waals surface area contributed by atoms with E-state index in [1.165, 1.54) is 7.11 Å². The van der Waals surface area contributed by atoms with Crippen LogP contribution in [0.2, 0.25) is 0 Å². The van der Waals surface area contributed by atoms with Gasteiger partial charge in [0, 0.05) is 48.1 Å². The lowest BCUT2D eigenvalue weighted by Gasteiger charge is -2.19. The summed E-state index contributed by atoms with van der Waals surface area (Å²) >= 11 is 0. The number of methoxy groups -OCH3 is 1. The van der Waals surface area contributed by atoms with Gasteiger partial charge < -0.3 is 19.8 Å². The second-order valence-electron chi connectivity index (χ2n) is 8.66. The van der Waals surface area contributed by atoms with Crippen molar-refractivity contribution in [3.63, 3.8) is 0 Å². The Morgan fingerprint density at radius 1 is 1.11 bits per heavy atom. The normalized spacial score (nSPS) is 12.9. The number of nitrogens with zero attached hydrogens (tertiary/aromatic N) is 2. The summed E-state index contributed by atoms with van der Waals surface area (Å²) in [4.78, 5) is 33.9. The molecule has 4 rings (SSSR count). The fourth-order valence-electron chi connectivity index (χ4n) is 4.03. The van der Waals surface area contributed by atoms with Crippen LogP contribution in [0.3, 0.4) is 0 Å². The Morgan fingerprint density at radius 3 is 2.60 bits per heavy atom. The molecule has 0 bridgehead atoms. The van der Waals surface area contributed by atoms with Crippen LogP contribution in [0.4, 0.5) is 5.69 Å². The van der Waals surface area contributed by atoms with Crippen molar-refractivity contribution in [1.29, 1.82) is 0 Å². The zero-order chi connectivity index (χ0) is 24.9. The minimum absolute atomic E-state index is 0.0789. The van der Waals surface area contributed by atoms with E-state index >= 15 is 0 Å². The van der Waals surface area contributed by atoms with Crippen LogP contribution in [0.15, 0.2) is 57.9 Å². The number of rotatable bonds is 8. The molecule has 0 radical (unpaired) electrons. The SMILES string of the molecule is CCNc1ccc2nc3c4ccccc4c(=NCCC(=O)NC(C(=O)OC)C(C)C)cc-3oc2c1. The second-order valence-corrected chi connectivity index (χ2v) is 8.66. The van der Waals surface area contributed by atoms with Gasteiger partial charge in [-0.1, -0.05) is 38.1 Å². The fraction of sp³-hybridized carbons (Fsp3) is 0.333. The minimum atomic E-state index is -0.681. The number of carbonyl (C=O) groups excluding carboxylic acids is 2. The highest BCUT2D eigenvalue weighted by molar-refractivity contribution is 5.96. The first kappa shape index (κ1) is 24.2. The minimum Gasteiger partial charge on any atom is -0.467 e. The average Bonchev–Trinajstić information content (AvgIpc) is 2.86. The molecule has 1 aliphatic heterocycles. The lowest BCUT2D eigenvalue weighted by Crippen LogP contribution is -2.45. The van der Waals surface area contributed by atoms with Crippen molar-refractivity contribution in [3.05, 3.63) is 53.9 Å². The van der Waals surface area contributed by atoms with Gasteiger partial charge in [-0.2, -0.15) is 0 Å². The number of esters is 1. The molecular formula is C27H30N4O4. The summed E-state index contributed by atoms with van der Waals surface area (Å²) in [6.07, 6.45) is 0.145. The van der Waals surface area contributed by atoms with Crippen molar-refractivity contribution in [2.75, 3.05) is 25.5 Å². The molecule has 182 valence electrons. The molecule has 1 atom stereocenters. The van der Waals surface area contributed by atoms with E-state index in [4.69, 9.17) is 19.1 Å². The molecule has 35 heavy (non-hydrogen) atoms. The van der Waals surface area contributed by atoms with Crippen molar-refractivity contribution >= 4 is 39.4 Å². The van der Waals surface area contributed by atoms with E-state index in [1.54, 1.807) is 0 Å². The van der Waals surface area contributed by atoms with Crippen molar-refractivity contribution in [2.24, 2.45) is 10.9 Å². The lowest BCUT2D eigenvalue weighted by molar-refractivity contribution is -0.146. The van der Waals surface area contributed by atoms with Gasteiger partial charge in [-0.15, -0.1) is 0 Å². The Balaban J connectivity index is 1.67. The summed E-state index contributed by atoms with van der Waals surface area (Å²) < 4.78 is 11.0. The molecule has 2 N–H and O–H groups in total. The largest absolute Gasteiger partial charge is 0.467 e. The van der Waals surface area contributed by atoms with E-state index in [2.05, 4.69) is 10.6 Å². The van der Waals surface area contributed by atoms with Crippen LogP contribution in [0.5, 0.6) is 0 Å². The summed E-state index contributed by atoms with van der Waals surface area (Å²) in [7, 11) is 1.31. The van der Waals surface area contributed by atoms with Crippen molar-refractivity contribution < 1.29 is 18.7 Å². The molecule has 0 spiro atoms. The first-order chi connectivity index (χ1) is 16.9. The molecule has 0 aromatic heterocycles. The number of nitrogens with one attached hydrogen (secondary N) is 2. The zero-order valence-corrected chi connectivity index (χ0v) is 20.4. The number of aromatic nitrogens is 1. The predicted octanol–water partition coefficient (Wildman–Crippen LogP) is 4.12. The van der Waals surface area contributed by atoms with Crippen LogP contribution in [-0.2, 0) is 14.3 Å². The first-order valence-electron chi connectivity index (χ1n) is 11.8. The molecule has 1 heterocycles. The number of amides is 1. The number of hydrogen-bond donors (Lipinski definition) is 2. The monoisotopic (exact) mass is 474 g/mol. The summed E-state index contributed by atoms with van der Waals surface area (Å²) in [5, 5.41) is 8.62. The standard InChI is InChI=1S/C27H30N4O4/c1-5-28-17-10-11-20-22(14-17)35-23-15-21(18-8-6-7-9-19(18)26(23)30-20)29-13-12-24(32)31-25(16(2)3)27(33)34-4/h6-11,14-16,25,28H,5,12-13H2,1-4H3,(H,31,32). The van der Waals surface area contributed by atoms with Crippen LogP contribution in [0.1, 0.15) is 27.2 Å². The van der Waals surface area contributed by atoms with Gasteiger partial charge in [0.1, 0.15) is 17.3 Å². The van der Waals surface area contributed by atoms with E-state index in [0.717, 1.165) is 39.6 Å². The molecule has 2 aromatic carbocycles. The topological polar surface area (TPSA) is 106 Å². The maximum absolute atomic E-state index is 12.5. The molecule has 8 heteroatoms. The van der Waals surface area contributed by atoms with Gasteiger partial charge >= 0.3 is 5.97 Å². The third-order valence-electron chi connectivity index (χ3n) is 5.81. The van der Waals surface area contributed by atoms with Gasteiger partial charge in [0.25, 0.3) is 0 Å². The van der Waals surface area contributed by atoms with Gasteiger partial charge in [0.15, 0.2) is 11.3 Å². The first-order valence-corrected chi connectivity index (χ1v) is 11.8. The van der Waals surface area contributed by atoms with E-state index in [-0.39, 0.29) is 24.8 Å². The second kappa shape index (κ2) is 10.5. The Bertz CT molecular complexity index is 1410. The summed E-state index contributed by atoms with van der Waals surface area (Å²) in [5.74, 6) is -0.163. The quantitative estimate of drug-likeness (QED) is 0.226. The number of ether oxygens (including phenoxy) is 1. The third-order valence-corrected chi connectivity index (χ3v) is 5.81. The molecule has 0 saturated heterocycles. The maximum Gasteiger partial charge on any atom is 0.328 e. The Labute approximate surface area is 203 Å². The van der Waals surface area contributed by atoms with Crippen LogP contribution in [0, 0.1) is 5.92 Å². The Morgan fingerprint density at radius 2 is 1.89 bits per heavy atom. The van der Waals surface area contributed by atoms with Crippen molar-refractivity contribution in [1.82, 2.24) is 10.3 Å². The van der Waals surface area contributed by atoms with Gasteiger partial charge in [-0.05, 0) is 25.0 Å². The van der Waals surface area contributed by atoms with Gasteiger partial charge in [-0.25, -0.2) is 9.78 Å². The smallest absolute Gasteiger partial charge is 0.328 e. The number of fused-ring (bicyclic) bond motifs is 4. The van der Waals surface area contributed by atoms with E-state index in [9.17, 15) is 9.59 Å². The summed E-state index contributed by atoms with van der Waals surface area (Å²) in [6, 6.07) is 14.9. The molecule has 1 unspecified atom stereocenters. The Kier molecular flexibility index (Phi) is 7.29. The molecule has 1 amide bonds. The number of anilines is 1. The van der Waals surface area contributed by atoms with Crippen LogP contribution < -0.4 is 16.0 Å². The lowest BCUT2D eigenvalue weighted by atomic mass is 10.0. The number of hydrogen-bond acceptors (Lipinski definition) is 7. The molecule has 0 saturated carbocycles. The molecule has 2 aliphatic rings. The molecule has 1 aliphatic carbocycles. The van der Waals surface area contributed by atoms with Crippen LogP contribution in [-0.4, -0.2) is 43.1 Å². The van der Waals surface area contributed by atoms with Crippen molar-refractivity contribution in [3.8, 4) is 11.5 Å². The van der Waals surface area contributed by atoms with Gasteiger partial charge in [0.2, 0.25) is 5.91 Å². The van der Waals surface area contributed by atoms with Gasteiger partial charge in [-0.3, -0.25) is 9.79 Å². The average molecular weight is 475 g/mol. The highest BCUT2D eigenvalue weighted by Gasteiger charge is 2.24. The third kappa shape index (κ3) is 5.26. The van der Waals surface area contributed by atoms with Gasteiger partial charge in [0.05, 0.1) is 12.5 Å². The van der Waals surface area contributed by atoms with Crippen LogP contribution >= 0.6 is 0 Å². The van der Waals surface area contributed by atoms with E-state index < -0.39 is 12.0 Å².